The number of amides is 3. The van der Waals surface area contributed by atoms with E-state index in [4.69, 9.17) is 5.73 Å². The number of benzene rings is 1. The molecule has 6 nitrogen and oxygen atoms in total. The van der Waals surface area contributed by atoms with Crippen molar-refractivity contribution in [2.45, 2.75) is 25.8 Å². The molecule has 0 spiro atoms. The van der Waals surface area contributed by atoms with Crippen molar-refractivity contribution >= 4 is 30.1 Å². The summed E-state index contributed by atoms with van der Waals surface area (Å²) in [4.78, 5) is 37.0. The Bertz CT molecular complexity index is 542. The number of carbonyl (C=O) groups excluding carboxylic acids is 3. The van der Waals surface area contributed by atoms with Gasteiger partial charge in [0.25, 0.3) is 11.8 Å². The third-order valence-electron chi connectivity index (χ3n) is 3.45. The fourth-order valence-corrected chi connectivity index (χ4v) is 2.31. The lowest BCUT2D eigenvalue weighted by atomic mass is 10.1. The molecule has 0 aliphatic carbocycles. The van der Waals surface area contributed by atoms with Crippen LogP contribution in [-0.2, 0) is 4.79 Å². The van der Waals surface area contributed by atoms with Gasteiger partial charge in [0.1, 0.15) is 0 Å². The van der Waals surface area contributed by atoms with Crippen molar-refractivity contribution < 1.29 is 14.4 Å². The summed E-state index contributed by atoms with van der Waals surface area (Å²) >= 11 is 0. The van der Waals surface area contributed by atoms with Gasteiger partial charge in [-0.25, -0.2) is 0 Å². The Hall–Kier alpha value is -1.92. The van der Waals surface area contributed by atoms with Gasteiger partial charge in [0.15, 0.2) is 0 Å². The number of carbonyl (C=O) groups is 3. The number of rotatable bonds is 6. The van der Waals surface area contributed by atoms with Crippen molar-refractivity contribution in [2.75, 3.05) is 13.1 Å². The van der Waals surface area contributed by atoms with Crippen LogP contribution in [0.3, 0.4) is 0 Å². The number of hydrogen-bond donors (Lipinski definition) is 2. The van der Waals surface area contributed by atoms with Crippen LogP contribution in [0.15, 0.2) is 24.3 Å². The summed E-state index contributed by atoms with van der Waals surface area (Å²) in [5, 5.41) is 2.65. The number of imide groups is 1. The monoisotopic (exact) mass is 325 g/mol. The minimum absolute atomic E-state index is 0. The molecule has 1 atom stereocenters. The van der Waals surface area contributed by atoms with Crippen molar-refractivity contribution in [2.24, 2.45) is 5.73 Å². The highest BCUT2D eigenvalue weighted by Gasteiger charge is 2.34. The zero-order chi connectivity index (χ0) is 15.4. The van der Waals surface area contributed by atoms with E-state index in [9.17, 15) is 14.4 Å². The smallest absolute Gasteiger partial charge is 0.261 e. The van der Waals surface area contributed by atoms with Crippen LogP contribution in [0.1, 0.15) is 40.5 Å². The molecule has 0 aromatic heterocycles. The maximum Gasteiger partial charge on any atom is 0.261 e. The Morgan fingerprint density at radius 2 is 1.77 bits per heavy atom. The van der Waals surface area contributed by atoms with Gasteiger partial charge in [-0.15, -0.1) is 12.4 Å². The van der Waals surface area contributed by atoms with E-state index < -0.39 is 6.04 Å². The molecule has 1 unspecified atom stereocenters. The highest BCUT2D eigenvalue weighted by Crippen LogP contribution is 2.21. The van der Waals surface area contributed by atoms with E-state index in [2.05, 4.69) is 5.32 Å². The standard InChI is InChI=1S/C15H19N3O3.ClH/c1-2-5-12(16)13(19)17-8-9-18-14(20)10-6-3-4-7-11(10)15(18)21;/h3-4,6-7,12H,2,5,8-9,16H2,1H3,(H,17,19);1H. The summed E-state index contributed by atoms with van der Waals surface area (Å²) in [6.45, 7) is 2.31. The van der Waals surface area contributed by atoms with E-state index in [1.807, 2.05) is 6.92 Å². The van der Waals surface area contributed by atoms with Gasteiger partial charge < -0.3 is 11.1 Å². The first-order valence-corrected chi connectivity index (χ1v) is 7.04. The number of nitrogens with zero attached hydrogens (tertiary/aromatic N) is 1. The molecule has 0 radical (unpaired) electrons. The molecule has 1 aliphatic heterocycles. The van der Waals surface area contributed by atoms with Gasteiger partial charge in [0, 0.05) is 13.1 Å². The van der Waals surface area contributed by atoms with E-state index in [0.717, 1.165) is 11.3 Å². The van der Waals surface area contributed by atoms with Crippen LogP contribution in [0.2, 0.25) is 0 Å². The molecule has 1 aromatic carbocycles. The van der Waals surface area contributed by atoms with Crippen LogP contribution in [0.25, 0.3) is 0 Å². The summed E-state index contributed by atoms with van der Waals surface area (Å²) in [6.07, 6.45) is 1.44. The average molecular weight is 326 g/mol. The summed E-state index contributed by atoms with van der Waals surface area (Å²) in [5.41, 5.74) is 6.51. The largest absolute Gasteiger partial charge is 0.353 e. The van der Waals surface area contributed by atoms with E-state index >= 15 is 0 Å². The minimum atomic E-state index is -0.544. The predicted octanol–water partition coefficient (Wildman–Crippen LogP) is 0.948. The fourth-order valence-electron chi connectivity index (χ4n) is 2.31. The normalized spacial score (nSPS) is 14.4. The molecule has 22 heavy (non-hydrogen) atoms. The van der Waals surface area contributed by atoms with Crippen LogP contribution in [0.4, 0.5) is 0 Å². The Kier molecular flexibility index (Phi) is 6.52. The van der Waals surface area contributed by atoms with Crippen LogP contribution < -0.4 is 11.1 Å². The molecule has 1 aromatic rings. The molecule has 2 rings (SSSR count). The summed E-state index contributed by atoms with van der Waals surface area (Å²) < 4.78 is 0. The van der Waals surface area contributed by atoms with Gasteiger partial charge >= 0.3 is 0 Å². The molecular formula is C15H20ClN3O3. The second-order valence-electron chi connectivity index (χ2n) is 4.99. The molecule has 1 aliphatic rings. The zero-order valence-electron chi connectivity index (χ0n) is 12.4. The quantitative estimate of drug-likeness (QED) is 0.762. The first-order chi connectivity index (χ1) is 10.1. The molecule has 0 fully saturated rings. The van der Waals surface area contributed by atoms with E-state index in [1.54, 1.807) is 24.3 Å². The third-order valence-corrected chi connectivity index (χ3v) is 3.45. The second-order valence-corrected chi connectivity index (χ2v) is 4.99. The maximum absolute atomic E-state index is 12.1. The highest BCUT2D eigenvalue weighted by molar-refractivity contribution is 6.21. The molecule has 3 amide bonds. The summed E-state index contributed by atoms with van der Waals surface area (Å²) in [5.74, 6) is -0.890. The van der Waals surface area contributed by atoms with Crippen LogP contribution in [-0.4, -0.2) is 41.8 Å². The predicted molar refractivity (Wildman–Crippen MR) is 85.0 cm³/mol. The molecule has 1 heterocycles. The van der Waals surface area contributed by atoms with Crippen LogP contribution in [0, 0.1) is 0 Å². The third kappa shape index (κ3) is 3.64. The van der Waals surface area contributed by atoms with Crippen LogP contribution >= 0.6 is 12.4 Å². The van der Waals surface area contributed by atoms with Gasteiger partial charge in [-0.3, -0.25) is 19.3 Å². The van der Waals surface area contributed by atoms with Gasteiger partial charge in [-0.05, 0) is 18.6 Å². The molecule has 7 heteroatoms. The maximum atomic E-state index is 12.1. The van der Waals surface area contributed by atoms with Crippen molar-refractivity contribution in [3.63, 3.8) is 0 Å². The summed E-state index contributed by atoms with van der Waals surface area (Å²) in [6, 6.07) is 6.16. The Morgan fingerprint density at radius 3 is 2.27 bits per heavy atom. The SMILES string of the molecule is CCCC(N)C(=O)NCCN1C(=O)c2ccccc2C1=O.Cl. The fraction of sp³-hybridized carbons (Fsp3) is 0.400. The topological polar surface area (TPSA) is 92.5 Å². The molecule has 3 N–H and O–H groups in total. The first kappa shape index (κ1) is 18.1. The lowest BCUT2D eigenvalue weighted by Crippen LogP contribution is -2.44. The second kappa shape index (κ2) is 7.91. The Labute approximate surface area is 135 Å². The minimum Gasteiger partial charge on any atom is -0.353 e. The molecule has 0 saturated heterocycles. The first-order valence-electron chi connectivity index (χ1n) is 7.04. The average Bonchev–Trinajstić information content (AvgIpc) is 2.73. The Morgan fingerprint density at radius 1 is 1.23 bits per heavy atom. The van der Waals surface area contributed by atoms with Crippen molar-refractivity contribution in [1.82, 2.24) is 10.2 Å². The molecular weight excluding hydrogens is 306 g/mol. The van der Waals surface area contributed by atoms with Gasteiger partial charge in [-0.2, -0.15) is 0 Å². The zero-order valence-corrected chi connectivity index (χ0v) is 13.2. The van der Waals surface area contributed by atoms with Gasteiger partial charge in [-0.1, -0.05) is 25.5 Å². The lowest BCUT2D eigenvalue weighted by molar-refractivity contribution is -0.122. The van der Waals surface area contributed by atoms with Gasteiger partial charge in [0.2, 0.25) is 5.91 Å². The Balaban J connectivity index is 0.00000242. The molecule has 0 bridgehead atoms. The van der Waals surface area contributed by atoms with Crippen molar-refractivity contribution in [3.05, 3.63) is 35.4 Å². The summed E-state index contributed by atoms with van der Waals surface area (Å²) in [7, 11) is 0. The van der Waals surface area contributed by atoms with Gasteiger partial charge in [0.05, 0.1) is 17.2 Å². The lowest BCUT2D eigenvalue weighted by Gasteiger charge is -2.16. The highest BCUT2D eigenvalue weighted by atomic mass is 35.5. The number of nitrogens with two attached hydrogens (primary N) is 1. The molecule has 120 valence electrons. The number of hydrogen-bond acceptors (Lipinski definition) is 4. The van der Waals surface area contributed by atoms with E-state index in [-0.39, 0.29) is 43.2 Å². The van der Waals surface area contributed by atoms with Crippen LogP contribution in [0.5, 0.6) is 0 Å². The molecule has 0 saturated carbocycles. The number of fused-ring (bicyclic) bond motifs is 1. The van der Waals surface area contributed by atoms with E-state index in [0.29, 0.717) is 17.5 Å². The number of nitrogens with one attached hydrogen (secondary N) is 1. The number of halogens is 1. The van der Waals surface area contributed by atoms with E-state index in [1.165, 1.54) is 0 Å². The van der Waals surface area contributed by atoms with Crippen molar-refractivity contribution in [3.8, 4) is 0 Å². The van der Waals surface area contributed by atoms with Crippen molar-refractivity contribution in [1.29, 1.82) is 0 Å².